The minimum atomic E-state index is -0.483. The van der Waals surface area contributed by atoms with E-state index in [1.165, 1.54) is 6.92 Å². The van der Waals surface area contributed by atoms with Crippen LogP contribution in [-0.4, -0.2) is 18.3 Å². The third-order valence-corrected chi connectivity index (χ3v) is 3.83. The lowest BCUT2D eigenvalue weighted by molar-refractivity contribution is 0.100. The molecule has 0 aliphatic carbocycles. The Labute approximate surface area is 149 Å². The quantitative estimate of drug-likeness (QED) is 0.685. The Morgan fingerprint density at radius 1 is 1.15 bits per heavy atom. The number of rotatable bonds is 5. The van der Waals surface area contributed by atoms with Crippen LogP contribution in [0.4, 0.5) is 5.69 Å². The van der Waals surface area contributed by atoms with Crippen molar-refractivity contribution in [2.24, 2.45) is 0 Å². The molecule has 3 rings (SSSR count). The molecule has 132 valence electrons. The standard InChI is InChI=1S/C20H18N2O4/c1-3-25-17-9-5-7-14-11-16(19(21)26-18(14)17)20(24)22-15-8-4-6-13(10-15)12(2)23/h4-11,21H,3H2,1-2H3,(H,22,24). The van der Waals surface area contributed by atoms with E-state index in [0.29, 0.717) is 34.6 Å². The fourth-order valence-electron chi connectivity index (χ4n) is 2.59. The van der Waals surface area contributed by atoms with Gasteiger partial charge in [0, 0.05) is 16.6 Å². The number of carbonyl (C=O) groups excluding carboxylic acids is 2. The first-order valence-corrected chi connectivity index (χ1v) is 8.16. The van der Waals surface area contributed by atoms with Gasteiger partial charge in [-0.2, -0.15) is 0 Å². The second-order valence-corrected chi connectivity index (χ2v) is 5.69. The third kappa shape index (κ3) is 3.49. The van der Waals surface area contributed by atoms with Crippen LogP contribution in [0.5, 0.6) is 5.75 Å². The molecule has 0 radical (unpaired) electrons. The molecule has 26 heavy (non-hydrogen) atoms. The van der Waals surface area contributed by atoms with Gasteiger partial charge >= 0.3 is 0 Å². The third-order valence-electron chi connectivity index (χ3n) is 3.83. The summed E-state index contributed by atoms with van der Waals surface area (Å²) in [5.74, 6) is -0.0470. The molecule has 0 aliphatic rings. The molecule has 0 atom stereocenters. The van der Waals surface area contributed by atoms with Crippen molar-refractivity contribution in [1.82, 2.24) is 0 Å². The lowest BCUT2D eigenvalue weighted by Crippen LogP contribution is -2.21. The monoisotopic (exact) mass is 350 g/mol. The van der Waals surface area contributed by atoms with E-state index < -0.39 is 5.91 Å². The zero-order valence-corrected chi connectivity index (χ0v) is 14.5. The number of hydrogen-bond donors (Lipinski definition) is 2. The largest absolute Gasteiger partial charge is 0.490 e. The van der Waals surface area contributed by atoms with Crippen LogP contribution in [-0.2, 0) is 0 Å². The molecule has 0 aliphatic heterocycles. The van der Waals surface area contributed by atoms with Crippen LogP contribution < -0.4 is 15.6 Å². The molecule has 0 unspecified atom stereocenters. The molecular formula is C20H18N2O4. The van der Waals surface area contributed by atoms with E-state index in [9.17, 15) is 9.59 Å². The number of benzene rings is 2. The molecule has 0 saturated heterocycles. The molecule has 6 nitrogen and oxygen atoms in total. The number of carbonyl (C=O) groups is 2. The molecule has 3 aromatic rings. The number of para-hydroxylation sites is 1. The number of fused-ring (bicyclic) bond motifs is 1. The molecule has 0 bridgehead atoms. The maximum absolute atomic E-state index is 12.6. The summed E-state index contributed by atoms with van der Waals surface area (Å²) in [5, 5.41) is 11.4. The van der Waals surface area contributed by atoms with Gasteiger partial charge in [-0.1, -0.05) is 24.3 Å². The number of ether oxygens (including phenoxy) is 1. The lowest BCUT2D eigenvalue weighted by Gasteiger charge is -2.09. The van der Waals surface area contributed by atoms with Gasteiger partial charge in [-0.25, -0.2) is 0 Å². The summed E-state index contributed by atoms with van der Waals surface area (Å²) in [4.78, 5) is 24.0. The van der Waals surface area contributed by atoms with Gasteiger partial charge in [0.2, 0.25) is 5.55 Å². The molecule has 0 spiro atoms. The number of anilines is 1. The summed E-state index contributed by atoms with van der Waals surface area (Å²) in [5.41, 5.74) is 1.24. The second-order valence-electron chi connectivity index (χ2n) is 5.69. The maximum Gasteiger partial charge on any atom is 0.261 e. The number of amides is 1. The molecule has 0 fully saturated rings. The zero-order valence-electron chi connectivity index (χ0n) is 14.5. The van der Waals surface area contributed by atoms with Crippen molar-refractivity contribution in [3.63, 3.8) is 0 Å². The predicted octanol–water partition coefficient (Wildman–Crippen LogP) is 3.77. The van der Waals surface area contributed by atoms with Gasteiger partial charge in [0.05, 0.1) is 6.61 Å². The van der Waals surface area contributed by atoms with Crippen molar-refractivity contribution in [3.05, 3.63) is 65.2 Å². The average molecular weight is 350 g/mol. The molecule has 1 amide bonds. The minimum absolute atomic E-state index is 0.0913. The zero-order chi connectivity index (χ0) is 18.7. The number of ketones is 1. The van der Waals surface area contributed by atoms with Crippen molar-refractivity contribution >= 4 is 28.3 Å². The number of Topliss-reactive ketones (excluding diaryl/α,β-unsaturated/α-hetero) is 1. The van der Waals surface area contributed by atoms with Gasteiger partial charge in [-0.05, 0) is 38.1 Å². The first-order valence-electron chi connectivity index (χ1n) is 8.16. The highest BCUT2D eigenvalue weighted by Gasteiger charge is 2.14. The Hall–Kier alpha value is -3.41. The molecule has 1 aromatic heterocycles. The van der Waals surface area contributed by atoms with Crippen molar-refractivity contribution < 1.29 is 18.7 Å². The van der Waals surface area contributed by atoms with Gasteiger partial charge in [0.15, 0.2) is 17.1 Å². The van der Waals surface area contributed by atoms with Gasteiger partial charge in [0.1, 0.15) is 5.56 Å². The minimum Gasteiger partial charge on any atom is -0.490 e. The van der Waals surface area contributed by atoms with Crippen molar-refractivity contribution in [2.75, 3.05) is 11.9 Å². The van der Waals surface area contributed by atoms with Crippen molar-refractivity contribution in [3.8, 4) is 5.75 Å². The number of nitrogens with one attached hydrogen (secondary N) is 2. The molecular weight excluding hydrogens is 332 g/mol. The summed E-state index contributed by atoms with van der Waals surface area (Å²) in [6.07, 6.45) is 0. The van der Waals surface area contributed by atoms with E-state index in [1.807, 2.05) is 6.92 Å². The maximum atomic E-state index is 12.6. The van der Waals surface area contributed by atoms with Crippen LogP contribution in [0.15, 0.2) is 52.9 Å². The molecule has 0 saturated carbocycles. The summed E-state index contributed by atoms with van der Waals surface area (Å²) in [7, 11) is 0. The van der Waals surface area contributed by atoms with E-state index in [4.69, 9.17) is 14.6 Å². The Balaban J connectivity index is 1.96. The Morgan fingerprint density at radius 2 is 1.92 bits per heavy atom. The van der Waals surface area contributed by atoms with Crippen LogP contribution in [0, 0.1) is 5.41 Å². The van der Waals surface area contributed by atoms with E-state index >= 15 is 0 Å². The van der Waals surface area contributed by atoms with E-state index in [1.54, 1.807) is 48.5 Å². The summed E-state index contributed by atoms with van der Waals surface area (Å²) >= 11 is 0. The molecule has 2 N–H and O–H groups in total. The van der Waals surface area contributed by atoms with Crippen LogP contribution in [0.1, 0.15) is 34.6 Å². The molecule has 2 aromatic carbocycles. The highest BCUT2D eigenvalue weighted by Crippen LogP contribution is 2.25. The highest BCUT2D eigenvalue weighted by molar-refractivity contribution is 6.06. The van der Waals surface area contributed by atoms with E-state index in [-0.39, 0.29) is 16.9 Å². The van der Waals surface area contributed by atoms with Crippen LogP contribution in [0.2, 0.25) is 0 Å². The molecule has 6 heteroatoms. The molecule has 1 heterocycles. The Morgan fingerprint density at radius 3 is 2.65 bits per heavy atom. The van der Waals surface area contributed by atoms with Gasteiger partial charge in [-0.3, -0.25) is 15.0 Å². The number of hydrogen-bond acceptors (Lipinski definition) is 5. The summed E-state index contributed by atoms with van der Waals surface area (Å²) < 4.78 is 11.0. The second kappa shape index (κ2) is 7.23. The fraction of sp³-hybridized carbons (Fsp3) is 0.150. The summed E-state index contributed by atoms with van der Waals surface area (Å²) in [6.45, 7) is 3.79. The summed E-state index contributed by atoms with van der Waals surface area (Å²) in [6, 6.07) is 13.6. The van der Waals surface area contributed by atoms with E-state index in [2.05, 4.69) is 5.32 Å². The predicted molar refractivity (Wildman–Crippen MR) is 97.6 cm³/mol. The smallest absolute Gasteiger partial charge is 0.261 e. The van der Waals surface area contributed by atoms with Gasteiger partial charge < -0.3 is 14.5 Å². The Bertz CT molecular complexity index is 1050. The van der Waals surface area contributed by atoms with Crippen molar-refractivity contribution in [1.29, 1.82) is 5.41 Å². The van der Waals surface area contributed by atoms with Crippen LogP contribution >= 0.6 is 0 Å². The normalized spacial score (nSPS) is 10.5. The van der Waals surface area contributed by atoms with E-state index in [0.717, 1.165) is 0 Å². The SMILES string of the molecule is CCOc1cccc2cc(C(=O)Nc3cccc(C(C)=O)c3)c(=N)oc12. The van der Waals surface area contributed by atoms with Crippen LogP contribution in [0.3, 0.4) is 0 Å². The first kappa shape index (κ1) is 17.4. The first-order chi connectivity index (χ1) is 12.5. The van der Waals surface area contributed by atoms with Gasteiger partial charge in [-0.15, -0.1) is 0 Å². The lowest BCUT2D eigenvalue weighted by atomic mass is 10.1. The highest BCUT2D eigenvalue weighted by atomic mass is 16.5. The van der Waals surface area contributed by atoms with Crippen LogP contribution in [0.25, 0.3) is 11.0 Å². The Kier molecular flexibility index (Phi) is 4.84. The fourth-order valence-corrected chi connectivity index (χ4v) is 2.59. The topological polar surface area (TPSA) is 92.4 Å². The average Bonchev–Trinajstić information content (AvgIpc) is 2.62. The van der Waals surface area contributed by atoms with Crippen molar-refractivity contribution in [2.45, 2.75) is 13.8 Å². The van der Waals surface area contributed by atoms with Gasteiger partial charge in [0.25, 0.3) is 5.91 Å².